The van der Waals surface area contributed by atoms with Gasteiger partial charge in [0.15, 0.2) is 0 Å². The summed E-state index contributed by atoms with van der Waals surface area (Å²) in [5.74, 6) is -0.180. The Morgan fingerprint density at radius 2 is 1.90 bits per heavy atom. The number of nitrogens with zero attached hydrogens (tertiary/aromatic N) is 2. The highest BCUT2D eigenvalue weighted by molar-refractivity contribution is 7.17. The third-order valence-corrected chi connectivity index (χ3v) is 7.69. The molecule has 1 aliphatic carbocycles. The van der Waals surface area contributed by atoms with Gasteiger partial charge in [0.1, 0.15) is 11.2 Å². The van der Waals surface area contributed by atoms with Crippen LogP contribution in [0.4, 0.5) is 5.69 Å². The van der Waals surface area contributed by atoms with Gasteiger partial charge in [0.2, 0.25) is 5.91 Å². The van der Waals surface area contributed by atoms with Crippen molar-refractivity contribution in [2.75, 3.05) is 4.90 Å². The Hall–Kier alpha value is -2.60. The van der Waals surface area contributed by atoms with Crippen LogP contribution in [0.5, 0.6) is 0 Å². The first-order chi connectivity index (χ1) is 14.4. The molecule has 0 spiro atoms. The Morgan fingerprint density at radius 1 is 1.13 bits per heavy atom. The van der Waals surface area contributed by atoms with Crippen molar-refractivity contribution in [2.24, 2.45) is 0 Å². The highest BCUT2D eigenvalue weighted by atomic mass is 32.1. The van der Waals surface area contributed by atoms with Crippen molar-refractivity contribution < 1.29 is 9.59 Å². The monoisotopic (exact) mass is 421 g/mol. The van der Waals surface area contributed by atoms with Crippen molar-refractivity contribution in [1.82, 2.24) is 9.88 Å². The quantitative estimate of drug-likeness (QED) is 0.661. The number of hydrogen-bond acceptors (Lipinski definition) is 3. The molecule has 1 aromatic carbocycles. The van der Waals surface area contributed by atoms with E-state index in [1.165, 1.54) is 5.56 Å². The minimum absolute atomic E-state index is 0.0660. The average Bonchev–Trinajstić information content (AvgIpc) is 3.43. The van der Waals surface area contributed by atoms with E-state index < -0.39 is 5.54 Å². The maximum absolute atomic E-state index is 13.8. The second-order valence-electron chi connectivity index (χ2n) is 8.92. The summed E-state index contributed by atoms with van der Waals surface area (Å²) in [6.45, 7) is 6.45. The highest BCUT2D eigenvalue weighted by Crippen LogP contribution is 2.38. The third-order valence-electron chi connectivity index (χ3n) is 6.83. The molecule has 2 aliphatic rings. The van der Waals surface area contributed by atoms with Crippen LogP contribution < -0.4 is 10.2 Å². The molecule has 0 unspecified atom stereocenters. The smallest absolute Gasteiger partial charge is 0.275 e. The molecule has 1 atom stereocenters. The topological polar surface area (TPSA) is 54.3 Å². The molecule has 1 N–H and O–H groups in total. The molecule has 1 saturated carbocycles. The summed E-state index contributed by atoms with van der Waals surface area (Å²) in [4.78, 5) is 29.1. The van der Waals surface area contributed by atoms with Crippen molar-refractivity contribution in [2.45, 2.75) is 64.6 Å². The minimum Gasteiger partial charge on any atom is -0.351 e. The van der Waals surface area contributed by atoms with Crippen molar-refractivity contribution >= 4 is 39.1 Å². The summed E-state index contributed by atoms with van der Waals surface area (Å²) in [6, 6.07) is 10.2. The number of nitrogens with one attached hydrogen (secondary N) is 1. The number of benzene rings is 1. The van der Waals surface area contributed by atoms with E-state index in [1.54, 1.807) is 16.2 Å². The number of hydrogen-bond donors (Lipinski definition) is 1. The van der Waals surface area contributed by atoms with Gasteiger partial charge in [-0.15, -0.1) is 11.3 Å². The van der Waals surface area contributed by atoms with E-state index in [0.29, 0.717) is 12.2 Å². The van der Waals surface area contributed by atoms with Gasteiger partial charge in [-0.25, -0.2) is 0 Å². The summed E-state index contributed by atoms with van der Waals surface area (Å²) in [6.07, 6.45) is 4.34. The number of amides is 2. The highest BCUT2D eigenvalue weighted by Gasteiger charge is 2.49. The first kappa shape index (κ1) is 19.4. The second kappa shape index (κ2) is 6.98. The molecule has 156 valence electrons. The fourth-order valence-electron chi connectivity index (χ4n) is 4.89. The van der Waals surface area contributed by atoms with Gasteiger partial charge in [0.05, 0.1) is 16.8 Å². The lowest BCUT2D eigenvalue weighted by Gasteiger charge is -2.44. The van der Waals surface area contributed by atoms with E-state index in [2.05, 4.69) is 12.2 Å². The Bertz CT molecular complexity index is 1150. The van der Waals surface area contributed by atoms with Crippen molar-refractivity contribution in [3.63, 3.8) is 0 Å². The van der Waals surface area contributed by atoms with Crippen LogP contribution in [-0.4, -0.2) is 28.0 Å². The Labute approximate surface area is 180 Å². The molecule has 0 radical (unpaired) electrons. The molecule has 30 heavy (non-hydrogen) atoms. The molecule has 0 bridgehead atoms. The molecule has 1 aliphatic heterocycles. The first-order valence-electron chi connectivity index (χ1n) is 10.7. The van der Waals surface area contributed by atoms with Crippen molar-refractivity contribution in [3.8, 4) is 0 Å². The van der Waals surface area contributed by atoms with Gasteiger partial charge in [0.25, 0.3) is 5.91 Å². The zero-order valence-corrected chi connectivity index (χ0v) is 18.5. The number of aromatic nitrogens is 1. The van der Waals surface area contributed by atoms with Gasteiger partial charge in [-0.1, -0.05) is 18.9 Å². The number of fused-ring (bicyclic) bond motifs is 3. The van der Waals surface area contributed by atoms with Crippen LogP contribution in [0.1, 0.15) is 54.2 Å². The van der Waals surface area contributed by atoms with Gasteiger partial charge in [-0.2, -0.15) is 0 Å². The molecule has 3 aromatic rings. The van der Waals surface area contributed by atoms with Gasteiger partial charge >= 0.3 is 0 Å². The predicted octanol–water partition coefficient (Wildman–Crippen LogP) is 4.80. The van der Waals surface area contributed by atoms with E-state index in [9.17, 15) is 9.59 Å². The normalized spacial score (nSPS) is 22.0. The van der Waals surface area contributed by atoms with Crippen LogP contribution in [-0.2, 0) is 11.3 Å². The molecule has 2 amide bonds. The summed E-state index contributed by atoms with van der Waals surface area (Å²) in [5, 5.41) is 5.29. The van der Waals surface area contributed by atoms with E-state index in [1.807, 2.05) is 54.1 Å². The lowest BCUT2D eigenvalue weighted by molar-refractivity contribution is -0.127. The third kappa shape index (κ3) is 2.88. The largest absolute Gasteiger partial charge is 0.351 e. The van der Waals surface area contributed by atoms with Crippen LogP contribution in [0.3, 0.4) is 0 Å². The van der Waals surface area contributed by atoms with E-state index in [0.717, 1.165) is 47.2 Å². The van der Waals surface area contributed by atoms with Crippen LogP contribution in [0, 0.1) is 13.8 Å². The summed E-state index contributed by atoms with van der Waals surface area (Å²) >= 11 is 1.63. The standard InChI is InChI=1S/C24H27N3O2S/c1-15-8-9-18(12-16(15)2)27-22(28)20-13-21-19(10-11-30-21)26(20)14-24(27,3)23(29)25-17-6-4-5-7-17/h8-13,17H,4-7,14H2,1-3H3,(H,25,29)/t24-/m1/s1. The van der Waals surface area contributed by atoms with Crippen LogP contribution >= 0.6 is 11.3 Å². The van der Waals surface area contributed by atoms with Gasteiger partial charge < -0.3 is 9.88 Å². The zero-order valence-electron chi connectivity index (χ0n) is 17.7. The minimum atomic E-state index is -0.998. The number of thiophene rings is 1. The summed E-state index contributed by atoms with van der Waals surface area (Å²) in [5.41, 5.74) is 3.75. The van der Waals surface area contributed by atoms with Crippen molar-refractivity contribution in [3.05, 3.63) is 52.5 Å². The van der Waals surface area contributed by atoms with Crippen LogP contribution in [0.25, 0.3) is 10.2 Å². The lowest BCUT2D eigenvalue weighted by Crippen LogP contribution is -2.65. The molecule has 1 fully saturated rings. The molecule has 6 heteroatoms. The zero-order chi connectivity index (χ0) is 21.0. The summed E-state index contributed by atoms with van der Waals surface area (Å²) < 4.78 is 3.11. The molecular weight excluding hydrogens is 394 g/mol. The van der Waals surface area contributed by atoms with Crippen LogP contribution in [0.2, 0.25) is 0 Å². The Balaban J connectivity index is 1.63. The average molecular weight is 422 g/mol. The fraction of sp³-hybridized carbons (Fsp3) is 0.417. The van der Waals surface area contributed by atoms with Crippen LogP contribution in [0.15, 0.2) is 35.7 Å². The Morgan fingerprint density at radius 3 is 2.63 bits per heavy atom. The fourth-order valence-corrected chi connectivity index (χ4v) is 5.72. The van der Waals surface area contributed by atoms with E-state index in [4.69, 9.17) is 0 Å². The van der Waals surface area contributed by atoms with E-state index in [-0.39, 0.29) is 17.9 Å². The van der Waals surface area contributed by atoms with Crippen molar-refractivity contribution in [1.29, 1.82) is 0 Å². The van der Waals surface area contributed by atoms with Gasteiger partial charge in [-0.05, 0) is 74.4 Å². The maximum atomic E-state index is 13.8. The Kier molecular flexibility index (Phi) is 4.51. The second-order valence-corrected chi connectivity index (χ2v) is 9.87. The maximum Gasteiger partial charge on any atom is 0.275 e. The molecule has 0 saturated heterocycles. The molecular formula is C24H27N3O2S. The van der Waals surface area contributed by atoms with E-state index >= 15 is 0 Å². The number of anilines is 1. The predicted molar refractivity (Wildman–Crippen MR) is 121 cm³/mol. The number of carbonyl (C=O) groups is 2. The lowest BCUT2D eigenvalue weighted by atomic mass is 9.92. The molecule has 5 rings (SSSR count). The number of carbonyl (C=O) groups excluding carboxylic acids is 2. The molecule has 3 heterocycles. The number of aryl methyl sites for hydroxylation is 2. The molecule has 5 nitrogen and oxygen atoms in total. The SMILES string of the molecule is Cc1ccc(N2C(=O)c3cc4sccc4n3C[C@]2(C)C(=O)NC2CCCC2)cc1C. The first-order valence-corrected chi connectivity index (χ1v) is 11.6. The van der Waals surface area contributed by atoms with Gasteiger partial charge in [-0.3, -0.25) is 14.5 Å². The summed E-state index contributed by atoms with van der Waals surface area (Å²) in [7, 11) is 0. The van der Waals surface area contributed by atoms with Gasteiger partial charge in [0, 0.05) is 11.7 Å². The number of rotatable bonds is 3. The molecule has 2 aromatic heterocycles.